The molecule has 1 aliphatic rings. The van der Waals surface area contributed by atoms with E-state index >= 15 is 0 Å². The van der Waals surface area contributed by atoms with Crippen molar-refractivity contribution in [1.82, 2.24) is 14.3 Å². The van der Waals surface area contributed by atoms with Crippen LogP contribution in [-0.4, -0.2) is 29.2 Å². The quantitative estimate of drug-likeness (QED) is 0.662. The number of benzene rings is 2. The van der Waals surface area contributed by atoms with E-state index < -0.39 is 21.1 Å². The van der Waals surface area contributed by atoms with E-state index in [0.29, 0.717) is 30.6 Å². The van der Waals surface area contributed by atoms with Crippen molar-refractivity contribution in [2.75, 3.05) is 6.54 Å². The highest BCUT2D eigenvalue weighted by atomic mass is 32.2. The van der Waals surface area contributed by atoms with Gasteiger partial charge in [-0.3, -0.25) is 9.59 Å². The number of aromatic nitrogens is 2. The van der Waals surface area contributed by atoms with Gasteiger partial charge in [-0.2, -0.15) is 4.31 Å². The number of aryl methyl sites for hydroxylation is 1. The van der Waals surface area contributed by atoms with Crippen molar-refractivity contribution in [3.05, 3.63) is 73.8 Å². The fraction of sp³-hybridized carbons (Fsp3) is 0.222. The Hall–Kier alpha value is -2.71. The molecule has 26 heavy (non-hydrogen) atoms. The molecule has 1 aliphatic heterocycles. The lowest BCUT2D eigenvalue weighted by atomic mass is 10.0. The standard InChI is InChI=1S/C18H17N3O4S/c1-11-8-14-15(20-18(23)17(22)19-14)9-16(11)26(24,25)21-7-6-12-4-2-3-5-13(12)10-21/h2-5,8-9H,6-7,10H2,1H3,(H,19,22)(H,20,23). The van der Waals surface area contributed by atoms with Gasteiger partial charge >= 0.3 is 11.1 Å². The Balaban J connectivity index is 1.81. The number of aromatic amines is 2. The number of nitrogens with zero attached hydrogens (tertiary/aromatic N) is 1. The van der Waals surface area contributed by atoms with Crippen LogP contribution in [0.25, 0.3) is 11.0 Å². The Morgan fingerprint density at radius 1 is 0.962 bits per heavy atom. The number of nitrogens with one attached hydrogen (secondary N) is 2. The summed E-state index contributed by atoms with van der Waals surface area (Å²) in [4.78, 5) is 28.1. The second-order valence-corrected chi connectivity index (χ2v) is 8.34. The minimum Gasteiger partial charge on any atom is -0.316 e. The molecule has 2 heterocycles. The zero-order valence-corrected chi connectivity index (χ0v) is 14.9. The summed E-state index contributed by atoms with van der Waals surface area (Å²) in [6.07, 6.45) is 0.659. The second kappa shape index (κ2) is 5.93. The van der Waals surface area contributed by atoms with Gasteiger partial charge in [-0.05, 0) is 42.2 Å². The lowest BCUT2D eigenvalue weighted by Gasteiger charge is -2.28. The van der Waals surface area contributed by atoms with Crippen LogP contribution >= 0.6 is 0 Å². The van der Waals surface area contributed by atoms with E-state index in [1.165, 1.54) is 10.4 Å². The molecule has 1 aromatic heterocycles. The maximum absolute atomic E-state index is 13.2. The molecule has 0 saturated carbocycles. The summed E-state index contributed by atoms with van der Waals surface area (Å²) >= 11 is 0. The molecule has 7 nitrogen and oxygen atoms in total. The average molecular weight is 371 g/mol. The Morgan fingerprint density at radius 3 is 2.27 bits per heavy atom. The van der Waals surface area contributed by atoms with Gasteiger partial charge in [0.25, 0.3) is 0 Å². The van der Waals surface area contributed by atoms with Crippen molar-refractivity contribution < 1.29 is 8.42 Å². The van der Waals surface area contributed by atoms with Gasteiger partial charge in [-0.25, -0.2) is 8.42 Å². The van der Waals surface area contributed by atoms with E-state index in [1.54, 1.807) is 13.0 Å². The van der Waals surface area contributed by atoms with Crippen molar-refractivity contribution in [2.45, 2.75) is 24.8 Å². The molecule has 2 N–H and O–H groups in total. The molecule has 0 saturated heterocycles. The third-order valence-corrected chi connectivity index (χ3v) is 6.72. The topological polar surface area (TPSA) is 103 Å². The Labute approximate surface area is 149 Å². The van der Waals surface area contributed by atoms with Crippen LogP contribution in [-0.2, 0) is 23.0 Å². The minimum atomic E-state index is -3.73. The molecule has 0 amide bonds. The number of sulfonamides is 1. The van der Waals surface area contributed by atoms with Gasteiger partial charge in [-0.15, -0.1) is 0 Å². The lowest BCUT2D eigenvalue weighted by Crippen LogP contribution is -2.36. The van der Waals surface area contributed by atoms with Crippen LogP contribution in [0.2, 0.25) is 0 Å². The molecular weight excluding hydrogens is 354 g/mol. The van der Waals surface area contributed by atoms with E-state index in [-0.39, 0.29) is 10.4 Å². The van der Waals surface area contributed by atoms with Crippen LogP contribution in [0, 0.1) is 6.92 Å². The number of H-pyrrole nitrogens is 2. The fourth-order valence-electron chi connectivity index (χ4n) is 3.35. The first-order valence-electron chi connectivity index (χ1n) is 8.20. The highest BCUT2D eigenvalue weighted by Crippen LogP contribution is 2.28. The molecule has 134 valence electrons. The first-order chi connectivity index (χ1) is 12.4. The number of hydrogen-bond acceptors (Lipinski definition) is 4. The number of fused-ring (bicyclic) bond motifs is 2. The smallest absolute Gasteiger partial charge is 0.314 e. The molecule has 0 aliphatic carbocycles. The summed E-state index contributed by atoms with van der Waals surface area (Å²) in [5.74, 6) is 0. The van der Waals surface area contributed by atoms with Crippen molar-refractivity contribution in [3.63, 3.8) is 0 Å². The van der Waals surface area contributed by atoms with E-state index in [4.69, 9.17) is 0 Å². The normalized spacial score (nSPS) is 15.1. The van der Waals surface area contributed by atoms with Crippen LogP contribution in [0.15, 0.2) is 50.9 Å². The highest BCUT2D eigenvalue weighted by Gasteiger charge is 2.29. The lowest BCUT2D eigenvalue weighted by molar-refractivity contribution is 0.391. The largest absolute Gasteiger partial charge is 0.316 e. The molecule has 8 heteroatoms. The number of hydrogen-bond donors (Lipinski definition) is 2. The average Bonchev–Trinajstić information content (AvgIpc) is 2.62. The first kappa shape index (κ1) is 16.7. The van der Waals surface area contributed by atoms with Gasteiger partial charge in [0.15, 0.2) is 0 Å². The van der Waals surface area contributed by atoms with Gasteiger partial charge < -0.3 is 9.97 Å². The van der Waals surface area contributed by atoms with Gasteiger partial charge in [-0.1, -0.05) is 24.3 Å². The van der Waals surface area contributed by atoms with E-state index in [9.17, 15) is 18.0 Å². The minimum absolute atomic E-state index is 0.132. The predicted molar refractivity (Wildman–Crippen MR) is 97.7 cm³/mol. The van der Waals surface area contributed by atoms with Crippen molar-refractivity contribution in [3.8, 4) is 0 Å². The van der Waals surface area contributed by atoms with Crippen molar-refractivity contribution >= 4 is 21.1 Å². The van der Waals surface area contributed by atoms with Crippen LogP contribution in [0.5, 0.6) is 0 Å². The van der Waals surface area contributed by atoms with E-state index in [2.05, 4.69) is 9.97 Å². The Kier molecular flexibility index (Phi) is 3.82. The molecule has 3 aromatic rings. The van der Waals surface area contributed by atoms with Gasteiger partial charge in [0, 0.05) is 13.1 Å². The zero-order chi connectivity index (χ0) is 18.5. The summed E-state index contributed by atoms with van der Waals surface area (Å²) in [5.41, 5.74) is 1.79. The van der Waals surface area contributed by atoms with Crippen LogP contribution in [0.3, 0.4) is 0 Å². The van der Waals surface area contributed by atoms with Crippen molar-refractivity contribution in [2.24, 2.45) is 0 Å². The fourth-order valence-corrected chi connectivity index (χ4v) is 5.00. The monoisotopic (exact) mass is 371 g/mol. The third-order valence-electron chi connectivity index (χ3n) is 4.73. The van der Waals surface area contributed by atoms with Gasteiger partial charge in [0.1, 0.15) is 0 Å². The molecule has 2 aromatic carbocycles. The summed E-state index contributed by atoms with van der Waals surface area (Å²) in [6.45, 7) is 2.39. The highest BCUT2D eigenvalue weighted by molar-refractivity contribution is 7.89. The Bertz CT molecular complexity index is 1240. The van der Waals surface area contributed by atoms with Crippen molar-refractivity contribution in [1.29, 1.82) is 0 Å². The Morgan fingerprint density at radius 2 is 1.58 bits per heavy atom. The van der Waals surface area contributed by atoms with Gasteiger partial charge in [0.05, 0.1) is 15.9 Å². The maximum Gasteiger partial charge on any atom is 0.314 e. The third kappa shape index (κ3) is 2.67. The molecule has 0 fully saturated rings. The first-order valence-corrected chi connectivity index (χ1v) is 9.64. The maximum atomic E-state index is 13.2. The summed E-state index contributed by atoms with van der Waals surface area (Å²) in [5, 5.41) is 0. The van der Waals surface area contributed by atoms with Crippen LogP contribution in [0.1, 0.15) is 16.7 Å². The predicted octanol–water partition coefficient (Wildman–Crippen LogP) is 1.27. The molecule has 0 radical (unpaired) electrons. The summed E-state index contributed by atoms with van der Waals surface area (Å²) < 4.78 is 27.8. The van der Waals surface area contributed by atoms with Crippen LogP contribution < -0.4 is 11.1 Å². The molecular formula is C18H17N3O4S. The molecule has 4 rings (SSSR count). The molecule has 0 bridgehead atoms. The second-order valence-electron chi connectivity index (χ2n) is 6.43. The molecule has 0 spiro atoms. The summed E-state index contributed by atoms with van der Waals surface area (Å²) in [6, 6.07) is 10.8. The van der Waals surface area contributed by atoms with Gasteiger partial charge in [0.2, 0.25) is 10.0 Å². The molecule has 0 atom stereocenters. The molecule has 0 unspecified atom stereocenters. The van der Waals surface area contributed by atoms with Crippen LogP contribution in [0.4, 0.5) is 0 Å². The number of rotatable bonds is 2. The van der Waals surface area contributed by atoms with E-state index in [0.717, 1.165) is 11.1 Å². The SMILES string of the molecule is Cc1cc2[nH]c(=O)c(=O)[nH]c2cc1S(=O)(=O)N1CCc2ccccc2C1. The van der Waals surface area contributed by atoms with E-state index in [1.807, 2.05) is 24.3 Å². The summed E-state index contributed by atoms with van der Waals surface area (Å²) in [7, 11) is -3.73. The zero-order valence-electron chi connectivity index (χ0n) is 14.1.